The lowest BCUT2D eigenvalue weighted by molar-refractivity contribution is 0.446. The highest BCUT2D eigenvalue weighted by Crippen LogP contribution is 2.05. The first-order valence-electron chi connectivity index (χ1n) is 5.85. The van der Waals surface area contributed by atoms with Crippen LogP contribution in [0.1, 0.15) is 29.8 Å². The monoisotopic (exact) mass is 231 g/mol. The minimum Gasteiger partial charge on any atom is -0.424 e. The summed E-state index contributed by atoms with van der Waals surface area (Å²) >= 11 is 0. The van der Waals surface area contributed by atoms with Crippen molar-refractivity contribution in [3.05, 3.63) is 47.2 Å². The Morgan fingerprint density at radius 1 is 1.06 bits per heavy atom. The second kappa shape index (κ2) is 5.59. The molecule has 0 bridgehead atoms. The van der Waals surface area contributed by atoms with Gasteiger partial charge in [-0.25, -0.2) is 0 Å². The van der Waals surface area contributed by atoms with Crippen molar-refractivity contribution in [1.29, 1.82) is 0 Å². The van der Waals surface area contributed by atoms with Crippen molar-refractivity contribution in [1.82, 2.24) is 15.5 Å². The van der Waals surface area contributed by atoms with Crippen LogP contribution in [0.2, 0.25) is 0 Å². The maximum absolute atomic E-state index is 5.27. The number of aromatic nitrogens is 2. The smallest absolute Gasteiger partial charge is 0.230 e. The predicted octanol–water partition coefficient (Wildman–Crippen LogP) is 2.23. The number of rotatable bonds is 5. The molecule has 90 valence electrons. The Balaban J connectivity index is 1.81. The summed E-state index contributed by atoms with van der Waals surface area (Å²) in [6.45, 7) is 5.37. The fourth-order valence-corrected chi connectivity index (χ4v) is 1.62. The SMILES string of the molecule is CCc1ccc(CNCc2nnc(C)o2)cc1. The van der Waals surface area contributed by atoms with Gasteiger partial charge in [0.2, 0.25) is 11.8 Å². The molecule has 4 heteroatoms. The van der Waals surface area contributed by atoms with E-state index in [0.29, 0.717) is 18.3 Å². The van der Waals surface area contributed by atoms with Crippen LogP contribution in [0, 0.1) is 6.92 Å². The molecular weight excluding hydrogens is 214 g/mol. The van der Waals surface area contributed by atoms with Gasteiger partial charge in [-0.15, -0.1) is 10.2 Å². The third kappa shape index (κ3) is 3.39. The van der Waals surface area contributed by atoms with Crippen molar-refractivity contribution in [3.63, 3.8) is 0 Å². The zero-order valence-corrected chi connectivity index (χ0v) is 10.2. The number of nitrogens with one attached hydrogen (secondary N) is 1. The van der Waals surface area contributed by atoms with E-state index in [9.17, 15) is 0 Å². The molecule has 0 atom stereocenters. The summed E-state index contributed by atoms with van der Waals surface area (Å²) in [6.07, 6.45) is 1.08. The van der Waals surface area contributed by atoms with Crippen molar-refractivity contribution >= 4 is 0 Å². The van der Waals surface area contributed by atoms with Crippen LogP contribution in [0.4, 0.5) is 0 Å². The molecule has 2 rings (SSSR count). The highest BCUT2D eigenvalue weighted by Gasteiger charge is 2.01. The van der Waals surface area contributed by atoms with Crippen molar-refractivity contribution in [2.45, 2.75) is 33.4 Å². The maximum atomic E-state index is 5.27. The van der Waals surface area contributed by atoms with E-state index in [1.165, 1.54) is 11.1 Å². The van der Waals surface area contributed by atoms with E-state index >= 15 is 0 Å². The van der Waals surface area contributed by atoms with E-state index in [-0.39, 0.29) is 0 Å². The zero-order valence-electron chi connectivity index (χ0n) is 10.2. The molecule has 0 spiro atoms. The summed E-state index contributed by atoms with van der Waals surface area (Å²) in [6, 6.07) is 8.61. The Morgan fingerprint density at radius 3 is 2.35 bits per heavy atom. The summed E-state index contributed by atoms with van der Waals surface area (Å²) in [5.41, 5.74) is 2.62. The lowest BCUT2D eigenvalue weighted by Crippen LogP contribution is -2.12. The Kier molecular flexibility index (Phi) is 3.88. The molecule has 2 aromatic rings. The van der Waals surface area contributed by atoms with Gasteiger partial charge in [0, 0.05) is 13.5 Å². The number of nitrogens with zero attached hydrogens (tertiary/aromatic N) is 2. The lowest BCUT2D eigenvalue weighted by atomic mass is 10.1. The fourth-order valence-electron chi connectivity index (χ4n) is 1.62. The first-order valence-corrected chi connectivity index (χ1v) is 5.85. The first-order chi connectivity index (χ1) is 8.28. The van der Waals surface area contributed by atoms with Crippen molar-refractivity contribution < 1.29 is 4.42 Å². The molecule has 1 aromatic heterocycles. The summed E-state index contributed by atoms with van der Waals surface area (Å²) in [5.74, 6) is 1.24. The van der Waals surface area contributed by atoms with Crippen LogP contribution >= 0.6 is 0 Å². The molecule has 0 aliphatic rings. The van der Waals surface area contributed by atoms with Crippen LogP contribution in [-0.2, 0) is 19.5 Å². The number of aryl methyl sites for hydroxylation is 2. The molecule has 0 amide bonds. The van der Waals surface area contributed by atoms with Crippen LogP contribution in [0.3, 0.4) is 0 Å². The van der Waals surface area contributed by atoms with Gasteiger partial charge in [0.05, 0.1) is 6.54 Å². The van der Waals surface area contributed by atoms with Crippen LogP contribution in [0.15, 0.2) is 28.7 Å². The molecule has 4 nitrogen and oxygen atoms in total. The summed E-state index contributed by atoms with van der Waals surface area (Å²) < 4.78 is 5.27. The van der Waals surface area contributed by atoms with E-state index in [1.54, 1.807) is 6.92 Å². The molecule has 0 unspecified atom stereocenters. The standard InChI is InChI=1S/C13H17N3O/c1-3-11-4-6-12(7-5-11)8-14-9-13-16-15-10(2)17-13/h4-7,14H,3,8-9H2,1-2H3. The van der Waals surface area contributed by atoms with Crippen LogP contribution in [0.5, 0.6) is 0 Å². The van der Waals surface area contributed by atoms with Crippen LogP contribution in [0.25, 0.3) is 0 Å². The van der Waals surface area contributed by atoms with Gasteiger partial charge < -0.3 is 9.73 Å². The molecule has 1 aromatic carbocycles. The van der Waals surface area contributed by atoms with Crippen molar-refractivity contribution in [2.75, 3.05) is 0 Å². The van der Waals surface area contributed by atoms with Gasteiger partial charge >= 0.3 is 0 Å². The maximum Gasteiger partial charge on any atom is 0.230 e. The minimum atomic E-state index is 0.606. The zero-order chi connectivity index (χ0) is 12.1. The predicted molar refractivity (Wildman–Crippen MR) is 65.4 cm³/mol. The van der Waals surface area contributed by atoms with Gasteiger partial charge in [-0.2, -0.15) is 0 Å². The van der Waals surface area contributed by atoms with Crippen molar-refractivity contribution in [3.8, 4) is 0 Å². The average molecular weight is 231 g/mol. The Labute approximate surface area is 101 Å². The summed E-state index contributed by atoms with van der Waals surface area (Å²) in [5, 5.41) is 11.0. The third-order valence-electron chi connectivity index (χ3n) is 2.60. The van der Waals surface area contributed by atoms with E-state index in [0.717, 1.165) is 13.0 Å². The van der Waals surface area contributed by atoms with Crippen molar-refractivity contribution in [2.24, 2.45) is 0 Å². The highest BCUT2D eigenvalue weighted by molar-refractivity contribution is 5.22. The van der Waals surface area contributed by atoms with Gasteiger partial charge in [-0.05, 0) is 17.5 Å². The molecule has 1 heterocycles. The number of hydrogen-bond donors (Lipinski definition) is 1. The molecule has 0 saturated heterocycles. The van der Waals surface area contributed by atoms with Crippen LogP contribution in [-0.4, -0.2) is 10.2 Å². The van der Waals surface area contributed by atoms with Gasteiger partial charge in [-0.1, -0.05) is 31.2 Å². The molecular formula is C13H17N3O. The minimum absolute atomic E-state index is 0.606. The highest BCUT2D eigenvalue weighted by atomic mass is 16.4. The molecule has 0 aliphatic carbocycles. The van der Waals surface area contributed by atoms with Gasteiger partial charge in [0.25, 0.3) is 0 Å². The molecule has 0 aliphatic heterocycles. The largest absolute Gasteiger partial charge is 0.424 e. The molecule has 0 saturated carbocycles. The second-order valence-electron chi connectivity index (χ2n) is 3.99. The quantitative estimate of drug-likeness (QED) is 0.857. The normalized spacial score (nSPS) is 10.7. The lowest BCUT2D eigenvalue weighted by Gasteiger charge is -2.03. The number of benzene rings is 1. The average Bonchev–Trinajstić information content (AvgIpc) is 2.76. The topological polar surface area (TPSA) is 51.0 Å². The summed E-state index contributed by atoms with van der Waals surface area (Å²) in [7, 11) is 0. The van der Waals surface area contributed by atoms with E-state index in [1.807, 2.05) is 0 Å². The molecule has 0 radical (unpaired) electrons. The van der Waals surface area contributed by atoms with E-state index in [2.05, 4.69) is 46.7 Å². The van der Waals surface area contributed by atoms with E-state index in [4.69, 9.17) is 4.42 Å². The van der Waals surface area contributed by atoms with Gasteiger partial charge in [-0.3, -0.25) is 0 Å². The number of hydrogen-bond acceptors (Lipinski definition) is 4. The van der Waals surface area contributed by atoms with Gasteiger partial charge in [0.1, 0.15) is 0 Å². The van der Waals surface area contributed by atoms with E-state index < -0.39 is 0 Å². The van der Waals surface area contributed by atoms with Gasteiger partial charge in [0.15, 0.2) is 0 Å². The molecule has 0 fully saturated rings. The summed E-state index contributed by atoms with van der Waals surface area (Å²) in [4.78, 5) is 0. The molecule has 1 N–H and O–H groups in total. The fraction of sp³-hybridized carbons (Fsp3) is 0.385. The van der Waals surface area contributed by atoms with Crippen LogP contribution < -0.4 is 5.32 Å². The second-order valence-corrected chi connectivity index (χ2v) is 3.99. The first kappa shape index (κ1) is 11.8. The molecule has 17 heavy (non-hydrogen) atoms. The third-order valence-corrected chi connectivity index (χ3v) is 2.60. The Hall–Kier alpha value is -1.68. The Morgan fingerprint density at radius 2 is 1.76 bits per heavy atom. The Bertz CT molecular complexity index is 462.